The molecule has 0 saturated carbocycles. The monoisotopic (exact) mass is 416 g/mol. The molecule has 0 radical (unpaired) electrons. The number of anilines is 1. The molecule has 2 rings (SSSR count). The predicted molar refractivity (Wildman–Crippen MR) is 86.6 cm³/mol. The lowest BCUT2D eigenvalue weighted by molar-refractivity contribution is -0.118. The molecule has 0 fully saturated rings. The molecule has 0 aliphatic rings. The number of amides is 1. The van der Waals surface area contributed by atoms with Gasteiger partial charge in [0.25, 0.3) is 5.91 Å². The number of carbonyl (C=O) groups excluding carboxylic acids is 1. The van der Waals surface area contributed by atoms with E-state index in [9.17, 15) is 4.79 Å². The molecule has 1 N–H and O–H groups in total. The van der Waals surface area contributed by atoms with Crippen molar-refractivity contribution in [2.45, 2.75) is 19.8 Å². The van der Waals surface area contributed by atoms with Crippen molar-refractivity contribution in [2.75, 3.05) is 11.9 Å². The zero-order valence-electron chi connectivity index (χ0n) is 11.5. The fraction of sp³-hybridized carbons (Fsp3) is 0.286. The van der Waals surface area contributed by atoms with Gasteiger partial charge in [-0.3, -0.25) is 10.1 Å². The average molecular weight is 418 g/mol. The van der Waals surface area contributed by atoms with Crippen molar-refractivity contribution in [3.63, 3.8) is 0 Å². The molecule has 112 valence electrons. The van der Waals surface area contributed by atoms with Crippen molar-refractivity contribution in [2.24, 2.45) is 0 Å². The summed E-state index contributed by atoms with van der Waals surface area (Å²) in [6, 6.07) is 7.16. The Morgan fingerprint density at radius 2 is 2.14 bits per heavy atom. The molecule has 21 heavy (non-hydrogen) atoms. The fourth-order valence-corrected chi connectivity index (χ4v) is 2.69. The smallest absolute Gasteiger partial charge is 0.264 e. The van der Waals surface area contributed by atoms with Crippen LogP contribution in [0, 0.1) is 0 Å². The van der Waals surface area contributed by atoms with Crippen LogP contribution in [0.15, 0.2) is 37.7 Å². The molecular formula is C14H14Br2N2O3. The highest BCUT2D eigenvalue weighted by molar-refractivity contribution is 9.11. The quantitative estimate of drug-likeness (QED) is 0.785. The predicted octanol–water partition coefficient (Wildman–Crippen LogP) is 4.34. The van der Waals surface area contributed by atoms with Gasteiger partial charge < -0.3 is 9.26 Å². The van der Waals surface area contributed by atoms with E-state index in [1.165, 1.54) is 0 Å². The number of hydrogen-bond acceptors (Lipinski definition) is 4. The molecule has 0 atom stereocenters. The van der Waals surface area contributed by atoms with Gasteiger partial charge in [-0.15, -0.1) is 0 Å². The molecule has 0 aliphatic heterocycles. The molecular weight excluding hydrogens is 404 g/mol. The largest absolute Gasteiger partial charge is 0.483 e. The molecule has 2 aromatic rings. The number of aromatic nitrogens is 1. The first-order chi connectivity index (χ1) is 9.95. The molecule has 5 nitrogen and oxygen atoms in total. The van der Waals surface area contributed by atoms with Crippen LogP contribution < -0.4 is 10.1 Å². The minimum absolute atomic E-state index is 0.113. The summed E-state index contributed by atoms with van der Waals surface area (Å²) in [4.78, 5) is 11.8. The maximum atomic E-state index is 11.8. The SMILES string of the molecule is CC(C)c1cc(NC(=O)COc2ccc(Br)cc2Br)on1. The summed E-state index contributed by atoms with van der Waals surface area (Å²) in [6.07, 6.45) is 0. The van der Waals surface area contributed by atoms with E-state index in [0.29, 0.717) is 11.6 Å². The van der Waals surface area contributed by atoms with E-state index in [-0.39, 0.29) is 18.4 Å². The molecule has 7 heteroatoms. The molecule has 0 aliphatic carbocycles. The van der Waals surface area contributed by atoms with Gasteiger partial charge in [0.2, 0.25) is 5.88 Å². The van der Waals surface area contributed by atoms with E-state index in [1.807, 2.05) is 26.0 Å². The van der Waals surface area contributed by atoms with Crippen LogP contribution in [0.4, 0.5) is 5.88 Å². The van der Waals surface area contributed by atoms with Crippen molar-refractivity contribution in [1.82, 2.24) is 5.16 Å². The van der Waals surface area contributed by atoms with Crippen LogP contribution in [0.25, 0.3) is 0 Å². The summed E-state index contributed by atoms with van der Waals surface area (Å²) in [5.74, 6) is 0.849. The van der Waals surface area contributed by atoms with Crippen LogP contribution in [0.1, 0.15) is 25.5 Å². The normalized spacial score (nSPS) is 10.7. The van der Waals surface area contributed by atoms with Gasteiger partial charge in [0.15, 0.2) is 6.61 Å². The van der Waals surface area contributed by atoms with Gasteiger partial charge in [0, 0.05) is 10.5 Å². The molecule has 1 aromatic heterocycles. The Kier molecular flexibility index (Phi) is 5.41. The first-order valence-electron chi connectivity index (χ1n) is 6.30. The number of halogens is 2. The molecule has 0 unspecified atom stereocenters. The third kappa shape index (κ3) is 4.57. The maximum absolute atomic E-state index is 11.8. The van der Waals surface area contributed by atoms with Gasteiger partial charge in [0.1, 0.15) is 5.75 Å². The summed E-state index contributed by atoms with van der Waals surface area (Å²) in [6.45, 7) is 3.88. The van der Waals surface area contributed by atoms with E-state index in [2.05, 4.69) is 42.3 Å². The maximum Gasteiger partial charge on any atom is 0.264 e. The zero-order chi connectivity index (χ0) is 15.4. The first kappa shape index (κ1) is 16.0. The molecule has 1 aromatic carbocycles. The lowest BCUT2D eigenvalue weighted by Crippen LogP contribution is -2.19. The summed E-state index contributed by atoms with van der Waals surface area (Å²) >= 11 is 6.72. The van der Waals surface area contributed by atoms with Gasteiger partial charge in [-0.1, -0.05) is 34.9 Å². The number of carbonyl (C=O) groups is 1. The second-order valence-corrected chi connectivity index (χ2v) is 6.45. The summed E-state index contributed by atoms with van der Waals surface area (Å²) in [7, 11) is 0. The molecule has 1 amide bonds. The number of nitrogens with zero attached hydrogens (tertiary/aromatic N) is 1. The number of benzene rings is 1. The third-order valence-electron chi connectivity index (χ3n) is 2.64. The Bertz CT molecular complexity index is 641. The van der Waals surface area contributed by atoms with E-state index in [4.69, 9.17) is 9.26 Å². The molecule has 0 bridgehead atoms. The Morgan fingerprint density at radius 3 is 2.76 bits per heavy atom. The van der Waals surface area contributed by atoms with Crippen LogP contribution in [0.5, 0.6) is 5.75 Å². The summed E-state index contributed by atoms with van der Waals surface area (Å²) < 4.78 is 12.2. The Morgan fingerprint density at radius 1 is 1.38 bits per heavy atom. The number of ether oxygens (including phenoxy) is 1. The molecule has 1 heterocycles. The van der Waals surface area contributed by atoms with Crippen molar-refractivity contribution in [1.29, 1.82) is 0 Å². The lowest BCUT2D eigenvalue weighted by atomic mass is 10.1. The highest BCUT2D eigenvalue weighted by Gasteiger charge is 2.11. The van der Waals surface area contributed by atoms with Crippen LogP contribution >= 0.6 is 31.9 Å². The summed E-state index contributed by atoms with van der Waals surface area (Å²) in [5, 5.41) is 6.47. The topological polar surface area (TPSA) is 64.4 Å². The minimum Gasteiger partial charge on any atom is -0.483 e. The van der Waals surface area contributed by atoms with E-state index in [1.54, 1.807) is 12.1 Å². The minimum atomic E-state index is -0.309. The van der Waals surface area contributed by atoms with Crippen LogP contribution in [0.2, 0.25) is 0 Å². The molecule has 0 saturated heterocycles. The van der Waals surface area contributed by atoms with Gasteiger partial charge in [-0.05, 0) is 40.0 Å². The zero-order valence-corrected chi connectivity index (χ0v) is 14.7. The average Bonchev–Trinajstić information content (AvgIpc) is 2.86. The highest BCUT2D eigenvalue weighted by Crippen LogP contribution is 2.28. The summed E-state index contributed by atoms with van der Waals surface area (Å²) in [5.41, 5.74) is 0.793. The first-order valence-corrected chi connectivity index (χ1v) is 7.88. The second kappa shape index (κ2) is 7.09. The number of nitrogens with one attached hydrogen (secondary N) is 1. The fourth-order valence-electron chi connectivity index (χ4n) is 1.53. The van der Waals surface area contributed by atoms with E-state index >= 15 is 0 Å². The van der Waals surface area contributed by atoms with Crippen molar-refractivity contribution < 1.29 is 14.1 Å². The van der Waals surface area contributed by atoms with Crippen LogP contribution in [-0.2, 0) is 4.79 Å². The number of hydrogen-bond donors (Lipinski definition) is 1. The molecule has 0 spiro atoms. The Hall–Kier alpha value is -1.34. The van der Waals surface area contributed by atoms with Gasteiger partial charge in [-0.2, -0.15) is 0 Å². The van der Waals surface area contributed by atoms with Crippen molar-refractivity contribution in [3.8, 4) is 5.75 Å². The van der Waals surface area contributed by atoms with Crippen LogP contribution in [0.3, 0.4) is 0 Å². The Balaban J connectivity index is 1.89. The second-order valence-electron chi connectivity index (χ2n) is 4.68. The van der Waals surface area contributed by atoms with Crippen molar-refractivity contribution >= 4 is 43.7 Å². The van der Waals surface area contributed by atoms with Gasteiger partial charge in [0.05, 0.1) is 10.2 Å². The van der Waals surface area contributed by atoms with Gasteiger partial charge >= 0.3 is 0 Å². The third-order valence-corrected chi connectivity index (χ3v) is 3.75. The van der Waals surface area contributed by atoms with Gasteiger partial charge in [-0.25, -0.2) is 0 Å². The highest BCUT2D eigenvalue weighted by atomic mass is 79.9. The van der Waals surface area contributed by atoms with Crippen LogP contribution in [-0.4, -0.2) is 17.7 Å². The van der Waals surface area contributed by atoms with E-state index in [0.717, 1.165) is 14.6 Å². The van der Waals surface area contributed by atoms with E-state index < -0.39 is 0 Å². The van der Waals surface area contributed by atoms with Crippen molar-refractivity contribution in [3.05, 3.63) is 38.9 Å². The lowest BCUT2D eigenvalue weighted by Gasteiger charge is -2.07. The standard InChI is InChI=1S/C14H14Br2N2O3/c1-8(2)11-6-14(21-18-11)17-13(19)7-20-12-4-3-9(15)5-10(12)16/h3-6,8H,7H2,1-2H3,(H,17,19). The number of rotatable bonds is 5. The Labute approximate surface area is 139 Å².